The molecule has 1 aliphatic carbocycles. The molecule has 3 heterocycles. The van der Waals surface area contributed by atoms with Gasteiger partial charge in [-0.05, 0) is 31.4 Å². The maximum Gasteiger partial charge on any atom is 0.407 e. The van der Waals surface area contributed by atoms with E-state index in [2.05, 4.69) is 14.8 Å². The Kier molecular flexibility index (Phi) is 4.19. The molecule has 0 bridgehead atoms. The molecule has 1 aromatic heterocycles. The summed E-state index contributed by atoms with van der Waals surface area (Å²) in [6.07, 6.45) is 4.54. The van der Waals surface area contributed by atoms with E-state index in [-0.39, 0.29) is 5.41 Å². The van der Waals surface area contributed by atoms with Crippen LogP contribution >= 0.6 is 0 Å². The highest BCUT2D eigenvalue weighted by Crippen LogP contribution is 2.47. The van der Waals surface area contributed by atoms with Crippen LogP contribution < -0.4 is 9.64 Å². The molecule has 0 aromatic carbocycles. The van der Waals surface area contributed by atoms with Gasteiger partial charge >= 0.3 is 6.09 Å². The second-order valence-electron chi connectivity index (χ2n) is 7.59. The number of amides is 1. The van der Waals surface area contributed by atoms with Crippen molar-refractivity contribution in [3.05, 3.63) is 18.3 Å². The minimum atomic E-state index is -0.771. The standard InChI is InChI=1S/C18H26N4O3/c1-25-15-3-2-6-19-16(15)21-9-7-20(8-10-21)14-4-5-18(11-14)12-22(13-18)17(23)24/h2-3,6,14H,4-5,7-13H2,1H3,(H,23,24). The van der Waals surface area contributed by atoms with Gasteiger partial charge in [0.15, 0.2) is 11.6 Å². The van der Waals surface area contributed by atoms with Gasteiger partial charge in [0.05, 0.1) is 7.11 Å². The summed E-state index contributed by atoms with van der Waals surface area (Å²) >= 11 is 0. The fraction of sp³-hybridized carbons (Fsp3) is 0.667. The lowest BCUT2D eigenvalue weighted by Gasteiger charge is -2.47. The molecule has 1 unspecified atom stereocenters. The van der Waals surface area contributed by atoms with Gasteiger partial charge < -0.3 is 19.6 Å². The summed E-state index contributed by atoms with van der Waals surface area (Å²) in [6, 6.07) is 4.46. The molecule has 0 radical (unpaired) electrons. The number of nitrogens with zero attached hydrogens (tertiary/aromatic N) is 4. The average Bonchev–Trinajstić information content (AvgIpc) is 3.06. The Labute approximate surface area is 148 Å². The topological polar surface area (TPSA) is 69.1 Å². The number of rotatable bonds is 3. The number of aromatic nitrogens is 1. The van der Waals surface area contributed by atoms with E-state index in [1.54, 1.807) is 12.0 Å². The van der Waals surface area contributed by atoms with Gasteiger partial charge in [0.2, 0.25) is 0 Å². The van der Waals surface area contributed by atoms with Gasteiger partial charge in [-0.3, -0.25) is 4.90 Å². The number of anilines is 1. The van der Waals surface area contributed by atoms with Crippen LogP contribution in [-0.2, 0) is 0 Å². The molecule has 1 amide bonds. The third-order valence-electron chi connectivity index (χ3n) is 6.10. The number of hydrogen-bond acceptors (Lipinski definition) is 5. The molecule has 1 saturated carbocycles. The van der Waals surface area contributed by atoms with Crippen LogP contribution in [0.25, 0.3) is 0 Å². The fourth-order valence-corrected chi connectivity index (χ4v) is 4.75. The number of carboxylic acid groups (broad SMARTS) is 1. The van der Waals surface area contributed by atoms with Crippen molar-refractivity contribution >= 4 is 11.9 Å². The maximum atomic E-state index is 11.0. The van der Waals surface area contributed by atoms with Crippen LogP contribution in [0.5, 0.6) is 5.75 Å². The summed E-state index contributed by atoms with van der Waals surface area (Å²) < 4.78 is 5.43. The predicted octanol–water partition coefficient (Wildman–Crippen LogP) is 1.74. The molecule has 3 aliphatic rings. The minimum absolute atomic E-state index is 0.254. The first-order valence-electron chi connectivity index (χ1n) is 9.06. The van der Waals surface area contributed by atoms with E-state index in [1.807, 2.05) is 18.3 Å². The van der Waals surface area contributed by atoms with Crippen molar-refractivity contribution in [3.8, 4) is 5.75 Å². The number of methoxy groups -OCH3 is 1. The van der Waals surface area contributed by atoms with E-state index in [1.165, 1.54) is 6.42 Å². The monoisotopic (exact) mass is 346 g/mol. The lowest BCUT2D eigenvalue weighted by Crippen LogP contribution is -2.58. The molecule has 25 heavy (non-hydrogen) atoms. The first-order valence-corrected chi connectivity index (χ1v) is 9.06. The van der Waals surface area contributed by atoms with Gasteiger partial charge in [-0.2, -0.15) is 0 Å². The lowest BCUT2D eigenvalue weighted by molar-refractivity contribution is 0.00903. The lowest BCUT2D eigenvalue weighted by atomic mass is 9.78. The molecule has 1 aromatic rings. The zero-order chi connectivity index (χ0) is 17.4. The first kappa shape index (κ1) is 16.4. The van der Waals surface area contributed by atoms with Crippen molar-refractivity contribution in [2.45, 2.75) is 25.3 Å². The number of piperazine rings is 1. The summed E-state index contributed by atoms with van der Waals surface area (Å²) in [4.78, 5) is 21.9. The van der Waals surface area contributed by atoms with Crippen LogP contribution in [0.1, 0.15) is 19.3 Å². The third-order valence-corrected chi connectivity index (χ3v) is 6.10. The van der Waals surface area contributed by atoms with Crippen LogP contribution in [0.4, 0.5) is 10.6 Å². The zero-order valence-corrected chi connectivity index (χ0v) is 14.7. The number of ether oxygens (including phenoxy) is 1. The Balaban J connectivity index is 1.32. The summed E-state index contributed by atoms with van der Waals surface area (Å²) in [6.45, 7) is 5.43. The molecular weight excluding hydrogens is 320 g/mol. The molecule has 7 heteroatoms. The van der Waals surface area contributed by atoms with Crippen molar-refractivity contribution < 1.29 is 14.6 Å². The maximum absolute atomic E-state index is 11.0. The predicted molar refractivity (Wildman–Crippen MR) is 94.2 cm³/mol. The van der Waals surface area contributed by atoms with Crippen molar-refractivity contribution in [2.75, 3.05) is 51.3 Å². The fourth-order valence-electron chi connectivity index (χ4n) is 4.75. The number of pyridine rings is 1. The van der Waals surface area contributed by atoms with Crippen LogP contribution in [0.3, 0.4) is 0 Å². The number of likely N-dealkylation sites (tertiary alicyclic amines) is 1. The summed E-state index contributed by atoms with van der Waals surface area (Å²) in [7, 11) is 1.69. The van der Waals surface area contributed by atoms with Crippen molar-refractivity contribution in [2.24, 2.45) is 5.41 Å². The van der Waals surface area contributed by atoms with E-state index >= 15 is 0 Å². The van der Waals surface area contributed by atoms with Crippen molar-refractivity contribution in [3.63, 3.8) is 0 Å². The van der Waals surface area contributed by atoms with Crippen LogP contribution in [-0.4, -0.2) is 78.4 Å². The van der Waals surface area contributed by atoms with Gasteiger partial charge in [0, 0.05) is 56.9 Å². The molecule has 4 rings (SSSR count). The van der Waals surface area contributed by atoms with Crippen LogP contribution in [0.2, 0.25) is 0 Å². The van der Waals surface area contributed by atoms with Crippen LogP contribution in [0.15, 0.2) is 18.3 Å². The van der Waals surface area contributed by atoms with E-state index < -0.39 is 6.09 Å². The Morgan fingerprint density at radius 1 is 1.32 bits per heavy atom. The highest BCUT2D eigenvalue weighted by Gasteiger charge is 2.50. The van der Waals surface area contributed by atoms with Gasteiger partial charge in [-0.15, -0.1) is 0 Å². The van der Waals surface area contributed by atoms with Gasteiger partial charge in [0.1, 0.15) is 0 Å². The largest absolute Gasteiger partial charge is 0.493 e. The van der Waals surface area contributed by atoms with Gasteiger partial charge in [0.25, 0.3) is 0 Å². The Bertz CT molecular complexity index is 639. The molecule has 1 N–H and O–H groups in total. The molecule has 2 aliphatic heterocycles. The highest BCUT2D eigenvalue weighted by molar-refractivity contribution is 5.66. The number of hydrogen-bond donors (Lipinski definition) is 1. The summed E-state index contributed by atoms with van der Waals surface area (Å²) in [5, 5.41) is 9.07. The third kappa shape index (κ3) is 3.01. The Morgan fingerprint density at radius 3 is 2.76 bits per heavy atom. The van der Waals surface area contributed by atoms with Crippen LogP contribution in [0, 0.1) is 5.41 Å². The van der Waals surface area contributed by atoms with Gasteiger partial charge in [-0.1, -0.05) is 0 Å². The summed E-state index contributed by atoms with van der Waals surface area (Å²) in [5.41, 5.74) is 0.254. The SMILES string of the molecule is COc1cccnc1N1CCN(C2CCC3(C2)CN(C(=O)O)C3)CC1. The molecule has 7 nitrogen and oxygen atoms in total. The molecular formula is C18H26N4O3. The molecule has 1 spiro atoms. The molecule has 2 saturated heterocycles. The summed E-state index contributed by atoms with van der Waals surface area (Å²) in [5.74, 6) is 1.77. The Hall–Kier alpha value is -2.02. The highest BCUT2D eigenvalue weighted by atomic mass is 16.5. The van der Waals surface area contributed by atoms with E-state index in [4.69, 9.17) is 9.84 Å². The first-order chi connectivity index (χ1) is 12.1. The van der Waals surface area contributed by atoms with Gasteiger partial charge in [-0.25, -0.2) is 9.78 Å². The average molecular weight is 346 g/mol. The minimum Gasteiger partial charge on any atom is -0.493 e. The normalized spacial score (nSPS) is 25.9. The van der Waals surface area contributed by atoms with E-state index in [0.29, 0.717) is 6.04 Å². The zero-order valence-electron chi connectivity index (χ0n) is 14.7. The quantitative estimate of drug-likeness (QED) is 0.899. The second-order valence-corrected chi connectivity index (χ2v) is 7.59. The van der Waals surface area contributed by atoms with Crippen molar-refractivity contribution in [1.82, 2.24) is 14.8 Å². The number of carbonyl (C=O) groups is 1. The smallest absolute Gasteiger partial charge is 0.407 e. The van der Waals surface area contributed by atoms with Crippen molar-refractivity contribution in [1.29, 1.82) is 0 Å². The van der Waals surface area contributed by atoms with E-state index in [9.17, 15) is 4.79 Å². The molecule has 1 atom stereocenters. The molecule has 3 fully saturated rings. The van der Waals surface area contributed by atoms with E-state index in [0.717, 1.165) is 63.7 Å². The second kappa shape index (κ2) is 6.37. The Morgan fingerprint density at radius 2 is 2.08 bits per heavy atom. The molecule has 136 valence electrons.